The molecule has 0 fully saturated rings. The SMILES string of the molecule is Cc1cccc(C(=O)Nc2sccc2C(=O)O)c1F. The summed E-state index contributed by atoms with van der Waals surface area (Å²) in [4.78, 5) is 22.8. The van der Waals surface area contributed by atoms with Crippen LogP contribution in [0.4, 0.5) is 9.39 Å². The third kappa shape index (κ3) is 2.63. The van der Waals surface area contributed by atoms with Crippen LogP contribution in [0.2, 0.25) is 0 Å². The quantitative estimate of drug-likeness (QED) is 0.907. The van der Waals surface area contributed by atoms with E-state index in [1.165, 1.54) is 12.1 Å². The molecule has 0 unspecified atom stereocenters. The highest BCUT2D eigenvalue weighted by molar-refractivity contribution is 7.14. The summed E-state index contributed by atoms with van der Waals surface area (Å²) < 4.78 is 13.8. The van der Waals surface area contributed by atoms with Gasteiger partial charge in [-0.15, -0.1) is 11.3 Å². The molecule has 0 aliphatic rings. The van der Waals surface area contributed by atoms with Crippen molar-refractivity contribution in [1.82, 2.24) is 0 Å². The fraction of sp³-hybridized carbons (Fsp3) is 0.0769. The maximum absolute atomic E-state index is 13.8. The first-order chi connectivity index (χ1) is 9.00. The van der Waals surface area contributed by atoms with Crippen LogP contribution >= 0.6 is 11.3 Å². The van der Waals surface area contributed by atoms with E-state index in [2.05, 4.69) is 5.32 Å². The van der Waals surface area contributed by atoms with Crippen LogP contribution in [-0.2, 0) is 0 Å². The van der Waals surface area contributed by atoms with Crippen molar-refractivity contribution < 1.29 is 19.1 Å². The Morgan fingerprint density at radius 2 is 2.00 bits per heavy atom. The molecule has 0 saturated heterocycles. The van der Waals surface area contributed by atoms with Gasteiger partial charge in [-0.2, -0.15) is 0 Å². The van der Waals surface area contributed by atoms with Crippen molar-refractivity contribution in [3.63, 3.8) is 0 Å². The number of carbonyl (C=O) groups is 2. The van der Waals surface area contributed by atoms with Crippen LogP contribution in [0, 0.1) is 12.7 Å². The number of nitrogens with one attached hydrogen (secondary N) is 1. The third-order valence-corrected chi connectivity index (χ3v) is 3.39. The van der Waals surface area contributed by atoms with Crippen molar-refractivity contribution in [2.45, 2.75) is 6.92 Å². The zero-order valence-corrected chi connectivity index (χ0v) is 10.8. The first-order valence-electron chi connectivity index (χ1n) is 5.38. The molecule has 19 heavy (non-hydrogen) atoms. The fourth-order valence-corrected chi connectivity index (χ4v) is 2.34. The summed E-state index contributed by atoms with van der Waals surface area (Å²) in [7, 11) is 0. The summed E-state index contributed by atoms with van der Waals surface area (Å²) in [6.07, 6.45) is 0. The van der Waals surface area contributed by atoms with Crippen molar-refractivity contribution in [2.75, 3.05) is 5.32 Å². The Balaban J connectivity index is 2.29. The van der Waals surface area contributed by atoms with Gasteiger partial charge in [0.25, 0.3) is 5.91 Å². The van der Waals surface area contributed by atoms with E-state index in [-0.39, 0.29) is 16.1 Å². The maximum atomic E-state index is 13.8. The van der Waals surface area contributed by atoms with Gasteiger partial charge in [0.05, 0.1) is 11.1 Å². The number of hydrogen-bond donors (Lipinski definition) is 2. The van der Waals surface area contributed by atoms with Gasteiger partial charge in [0.2, 0.25) is 0 Å². The molecule has 4 nitrogen and oxygen atoms in total. The molecule has 0 bridgehead atoms. The lowest BCUT2D eigenvalue weighted by Gasteiger charge is -2.06. The minimum atomic E-state index is -1.14. The first kappa shape index (κ1) is 13.2. The van der Waals surface area contributed by atoms with Gasteiger partial charge < -0.3 is 10.4 Å². The number of carboxylic acid groups (broad SMARTS) is 1. The minimum Gasteiger partial charge on any atom is -0.478 e. The van der Waals surface area contributed by atoms with Crippen molar-refractivity contribution in [3.05, 3.63) is 52.2 Å². The molecule has 0 atom stereocenters. The van der Waals surface area contributed by atoms with Gasteiger partial charge in [-0.1, -0.05) is 12.1 Å². The number of thiophene rings is 1. The van der Waals surface area contributed by atoms with Gasteiger partial charge in [0.15, 0.2) is 0 Å². The normalized spacial score (nSPS) is 10.2. The van der Waals surface area contributed by atoms with E-state index in [1.807, 2.05) is 0 Å². The van der Waals surface area contributed by atoms with Crippen molar-refractivity contribution >= 4 is 28.2 Å². The number of hydrogen-bond acceptors (Lipinski definition) is 3. The predicted octanol–water partition coefficient (Wildman–Crippen LogP) is 3.15. The minimum absolute atomic E-state index is 0.00795. The smallest absolute Gasteiger partial charge is 0.338 e. The summed E-state index contributed by atoms with van der Waals surface area (Å²) in [5, 5.41) is 13.1. The van der Waals surface area contributed by atoms with E-state index in [1.54, 1.807) is 24.4 Å². The lowest BCUT2D eigenvalue weighted by Crippen LogP contribution is -2.15. The molecular formula is C13H10FNO3S. The molecule has 1 amide bonds. The molecule has 0 spiro atoms. The number of halogens is 1. The van der Waals surface area contributed by atoms with Gasteiger partial charge in [-0.05, 0) is 30.0 Å². The Morgan fingerprint density at radius 3 is 2.68 bits per heavy atom. The molecule has 2 N–H and O–H groups in total. The second-order valence-corrected chi connectivity index (χ2v) is 4.78. The van der Waals surface area contributed by atoms with Crippen LogP contribution in [0.15, 0.2) is 29.6 Å². The summed E-state index contributed by atoms with van der Waals surface area (Å²) in [5.41, 5.74) is 0.244. The second kappa shape index (κ2) is 5.19. The molecule has 1 heterocycles. The maximum Gasteiger partial charge on any atom is 0.338 e. The number of carboxylic acids is 1. The fourth-order valence-electron chi connectivity index (χ4n) is 1.57. The molecule has 2 aromatic rings. The zero-order valence-electron chi connectivity index (χ0n) is 9.94. The van der Waals surface area contributed by atoms with Crippen molar-refractivity contribution in [1.29, 1.82) is 0 Å². The van der Waals surface area contributed by atoms with Crippen molar-refractivity contribution in [3.8, 4) is 0 Å². The molecule has 0 radical (unpaired) electrons. The number of rotatable bonds is 3. The van der Waals surface area contributed by atoms with Crippen LogP contribution in [0.3, 0.4) is 0 Å². The van der Waals surface area contributed by atoms with Gasteiger partial charge in [-0.3, -0.25) is 4.79 Å². The van der Waals surface area contributed by atoms with Crippen molar-refractivity contribution in [2.24, 2.45) is 0 Å². The van der Waals surface area contributed by atoms with E-state index in [9.17, 15) is 14.0 Å². The van der Waals surface area contributed by atoms with E-state index < -0.39 is 17.7 Å². The predicted molar refractivity (Wildman–Crippen MR) is 70.4 cm³/mol. The average Bonchev–Trinajstić information content (AvgIpc) is 2.80. The molecule has 2 rings (SSSR count). The number of aromatic carboxylic acids is 1. The summed E-state index contributed by atoms with van der Waals surface area (Å²) >= 11 is 1.08. The van der Waals surface area contributed by atoms with Crippen LogP contribution in [0.25, 0.3) is 0 Å². The monoisotopic (exact) mass is 279 g/mol. The number of amides is 1. The molecule has 1 aromatic carbocycles. The number of anilines is 1. The molecule has 0 aliphatic heterocycles. The number of carbonyl (C=O) groups excluding carboxylic acids is 1. The van der Waals surface area contributed by atoms with Gasteiger partial charge in [0, 0.05) is 0 Å². The molecule has 0 saturated carbocycles. The van der Waals surface area contributed by atoms with Gasteiger partial charge >= 0.3 is 5.97 Å². The standard InChI is InChI=1S/C13H10FNO3S/c1-7-3-2-4-8(10(7)14)11(16)15-12-9(13(17)18)5-6-19-12/h2-6H,1H3,(H,15,16)(H,17,18). The lowest BCUT2D eigenvalue weighted by molar-refractivity contribution is 0.0698. The highest BCUT2D eigenvalue weighted by atomic mass is 32.1. The number of aryl methyl sites for hydroxylation is 1. The summed E-state index contributed by atoms with van der Waals surface area (Å²) in [5.74, 6) is -2.40. The van der Waals surface area contributed by atoms with E-state index in [0.29, 0.717) is 5.56 Å². The average molecular weight is 279 g/mol. The number of benzene rings is 1. The van der Waals surface area contributed by atoms with Gasteiger partial charge in [-0.25, -0.2) is 9.18 Å². The highest BCUT2D eigenvalue weighted by Crippen LogP contribution is 2.24. The van der Waals surface area contributed by atoms with E-state index in [0.717, 1.165) is 11.3 Å². The zero-order chi connectivity index (χ0) is 14.0. The highest BCUT2D eigenvalue weighted by Gasteiger charge is 2.17. The van der Waals surface area contributed by atoms with Crippen LogP contribution in [-0.4, -0.2) is 17.0 Å². The molecule has 0 aliphatic carbocycles. The molecule has 6 heteroatoms. The Kier molecular flexibility index (Phi) is 3.62. The van der Waals surface area contributed by atoms with Crippen LogP contribution in [0.5, 0.6) is 0 Å². The molecule has 98 valence electrons. The Bertz CT molecular complexity index is 651. The van der Waals surface area contributed by atoms with Crippen LogP contribution in [0.1, 0.15) is 26.3 Å². The lowest BCUT2D eigenvalue weighted by atomic mass is 10.1. The summed E-state index contributed by atoms with van der Waals surface area (Å²) in [6.45, 7) is 1.56. The van der Waals surface area contributed by atoms with Crippen LogP contribution < -0.4 is 5.32 Å². The first-order valence-corrected chi connectivity index (χ1v) is 6.26. The Labute approximate surface area is 112 Å². The van der Waals surface area contributed by atoms with E-state index in [4.69, 9.17) is 5.11 Å². The van der Waals surface area contributed by atoms with E-state index >= 15 is 0 Å². The Hall–Kier alpha value is -2.21. The largest absolute Gasteiger partial charge is 0.478 e. The summed E-state index contributed by atoms with van der Waals surface area (Å²) in [6, 6.07) is 5.86. The second-order valence-electron chi connectivity index (χ2n) is 3.86. The van der Waals surface area contributed by atoms with Gasteiger partial charge in [0.1, 0.15) is 10.8 Å². The molecule has 1 aromatic heterocycles. The topological polar surface area (TPSA) is 66.4 Å². The molecular weight excluding hydrogens is 269 g/mol. The third-order valence-electron chi connectivity index (χ3n) is 2.56. The Morgan fingerprint density at radius 1 is 1.26 bits per heavy atom.